The van der Waals surface area contributed by atoms with E-state index in [0.717, 1.165) is 49.0 Å². The van der Waals surface area contributed by atoms with Gasteiger partial charge in [-0.15, -0.1) is 0 Å². The van der Waals surface area contributed by atoms with E-state index in [-0.39, 0.29) is 29.4 Å². The van der Waals surface area contributed by atoms with Crippen LogP contribution in [-0.4, -0.2) is 40.9 Å². The third-order valence-corrected chi connectivity index (χ3v) is 6.71. The van der Waals surface area contributed by atoms with Crippen LogP contribution in [0.1, 0.15) is 67.7 Å². The molecule has 1 aromatic carbocycles. The minimum atomic E-state index is -0.583. The molecule has 2 fully saturated rings. The summed E-state index contributed by atoms with van der Waals surface area (Å²) in [5, 5.41) is 10.7. The zero-order chi connectivity index (χ0) is 20.6. The third kappa shape index (κ3) is 4.17. The molecule has 1 heterocycles. The van der Waals surface area contributed by atoms with Gasteiger partial charge in [-0.3, -0.25) is 9.59 Å². The highest BCUT2D eigenvalue weighted by molar-refractivity contribution is 5.91. The van der Waals surface area contributed by atoms with Crippen molar-refractivity contribution >= 4 is 11.7 Å². The number of carbonyl (C=O) groups excluding carboxylic acids is 2. The van der Waals surface area contributed by atoms with Crippen molar-refractivity contribution in [3.05, 3.63) is 34.4 Å². The minimum Gasteiger partial charge on any atom is -0.392 e. The van der Waals surface area contributed by atoms with E-state index in [0.29, 0.717) is 12.3 Å². The molecule has 1 aliphatic heterocycles. The van der Waals surface area contributed by atoms with Crippen molar-refractivity contribution in [3.63, 3.8) is 0 Å². The van der Waals surface area contributed by atoms with Crippen molar-refractivity contribution < 1.29 is 14.7 Å². The molecule has 0 radical (unpaired) electrons. The van der Waals surface area contributed by atoms with Gasteiger partial charge in [-0.2, -0.15) is 0 Å². The molecule has 4 nitrogen and oxygen atoms in total. The summed E-state index contributed by atoms with van der Waals surface area (Å²) in [6.45, 7) is 11.6. The smallest absolute Gasteiger partial charge is 0.225 e. The number of amides is 1. The molecule has 1 aliphatic carbocycles. The lowest BCUT2D eigenvalue weighted by atomic mass is 9.83. The Hall–Kier alpha value is -1.68. The first-order valence-corrected chi connectivity index (χ1v) is 10.8. The average Bonchev–Trinajstić information content (AvgIpc) is 2.88. The molecule has 154 valence electrons. The highest BCUT2D eigenvalue weighted by Crippen LogP contribution is 2.42. The fraction of sp³-hybridized carbons (Fsp3) is 0.667. The van der Waals surface area contributed by atoms with Gasteiger partial charge in [0.1, 0.15) is 5.78 Å². The van der Waals surface area contributed by atoms with Gasteiger partial charge in [0.05, 0.1) is 12.0 Å². The number of nitrogens with zero attached hydrogens (tertiary/aromatic N) is 1. The van der Waals surface area contributed by atoms with E-state index in [4.69, 9.17) is 0 Å². The summed E-state index contributed by atoms with van der Waals surface area (Å²) < 4.78 is 0. The van der Waals surface area contributed by atoms with Crippen molar-refractivity contribution in [2.75, 3.05) is 13.1 Å². The Balaban J connectivity index is 1.65. The number of aliphatic hydroxyl groups is 1. The third-order valence-electron chi connectivity index (χ3n) is 6.71. The molecular formula is C24H35NO3. The van der Waals surface area contributed by atoms with Crippen LogP contribution < -0.4 is 0 Å². The lowest BCUT2D eigenvalue weighted by Crippen LogP contribution is -2.41. The van der Waals surface area contributed by atoms with Crippen LogP contribution in [0.25, 0.3) is 0 Å². The summed E-state index contributed by atoms with van der Waals surface area (Å²) in [7, 11) is 0. The van der Waals surface area contributed by atoms with Crippen LogP contribution in [0.4, 0.5) is 0 Å². The van der Waals surface area contributed by atoms with Gasteiger partial charge in [0.15, 0.2) is 0 Å². The predicted octanol–water partition coefficient (Wildman–Crippen LogP) is 3.93. The number of ketones is 1. The SMILES string of the molecule is Cc1cc(C)c(C2C(=O)C(CC3CCN(C(=O)C(C)C)CC3)CC2O)c(C)c1. The van der Waals surface area contributed by atoms with Crippen LogP contribution >= 0.6 is 0 Å². The number of aliphatic hydroxyl groups excluding tert-OH is 1. The molecule has 0 aromatic heterocycles. The van der Waals surface area contributed by atoms with E-state index in [1.54, 1.807) is 0 Å². The molecule has 28 heavy (non-hydrogen) atoms. The van der Waals surface area contributed by atoms with Crippen LogP contribution in [0.2, 0.25) is 0 Å². The number of Topliss-reactive ketones (excluding diaryl/α,β-unsaturated/α-hetero) is 1. The van der Waals surface area contributed by atoms with Gasteiger partial charge in [0.2, 0.25) is 5.91 Å². The maximum Gasteiger partial charge on any atom is 0.225 e. The Labute approximate surface area is 169 Å². The highest BCUT2D eigenvalue weighted by atomic mass is 16.3. The van der Waals surface area contributed by atoms with Crippen LogP contribution in [0.15, 0.2) is 12.1 Å². The first-order valence-electron chi connectivity index (χ1n) is 10.8. The number of benzene rings is 1. The van der Waals surface area contributed by atoms with Crippen molar-refractivity contribution in [1.82, 2.24) is 4.90 Å². The minimum absolute atomic E-state index is 0.0462. The lowest BCUT2D eigenvalue weighted by molar-refractivity contribution is -0.136. The van der Waals surface area contributed by atoms with Gasteiger partial charge in [0.25, 0.3) is 0 Å². The molecule has 2 aliphatic rings. The summed E-state index contributed by atoms with van der Waals surface area (Å²) in [5.74, 6) is 0.520. The summed E-state index contributed by atoms with van der Waals surface area (Å²) in [6, 6.07) is 4.22. The Morgan fingerprint density at radius 3 is 2.25 bits per heavy atom. The van der Waals surface area contributed by atoms with Crippen LogP contribution in [0.3, 0.4) is 0 Å². The molecule has 1 aromatic rings. The van der Waals surface area contributed by atoms with E-state index in [9.17, 15) is 14.7 Å². The summed E-state index contributed by atoms with van der Waals surface area (Å²) >= 11 is 0. The maximum absolute atomic E-state index is 13.2. The number of hydrogen-bond donors (Lipinski definition) is 1. The van der Waals surface area contributed by atoms with E-state index in [1.807, 2.05) is 32.6 Å². The fourth-order valence-corrected chi connectivity index (χ4v) is 5.37. The standard InChI is InChI=1S/C24H35NO3/c1-14(2)24(28)25-8-6-18(7-9-25)12-19-13-20(26)22(23(19)27)21-16(4)10-15(3)11-17(21)5/h10-11,14,18-20,22,26H,6-9,12-13H2,1-5H3. The second-order valence-electron chi connectivity index (χ2n) is 9.35. The number of aryl methyl sites for hydroxylation is 3. The normalized spacial score (nSPS) is 26.3. The van der Waals surface area contributed by atoms with Gasteiger partial charge in [-0.25, -0.2) is 0 Å². The zero-order valence-electron chi connectivity index (χ0n) is 18.0. The molecule has 4 heteroatoms. The predicted molar refractivity (Wildman–Crippen MR) is 111 cm³/mol. The zero-order valence-corrected chi connectivity index (χ0v) is 18.0. The number of rotatable bonds is 4. The molecule has 3 unspecified atom stereocenters. The Morgan fingerprint density at radius 2 is 1.71 bits per heavy atom. The summed E-state index contributed by atoms with van der Waals surface area (Å²) in [4.78, 5) is 27.4. The van der Waals surface area contributed by atoms with Gasteiger partial charge in [-0.05, 0) is 69.1 Å². The monoisotopic (exact) mass is 385 g/mol. The van der Waals surface area contributed by atoms with Crippen molar-refractivity contribution in [1.29, 1.82) is 0 Å². The molecule has 0 spiro atoms. The van der Waals surface area contributed by atoms with Crippen LogP contribution in [0, 0.1) is 38.5 Å². The first-order chi connectivity index (χ1) is 13.2. The van der Waals surface area contributed by atoms with Crippen molar-refractivity contribution in [3.8, 4) is 0 Å². The molecule has 1 N–H and O–H groups in total. The Bertz CT molecular complexity index is 723. The van der Waals surface area contributed by atoms with Crippen LogP contribution in [-0.2, 0) is 9.59 Å². The molecule has 1 saturated carbocycles. The molecular weight excluding hydrogens is 350 g/mol. The highest BCUT2D eigenvalue weighted by Gasteiger charge is 2.44. The summed E-state index contributed by atoms with van der Waals surface area (Å²) in [6.07, 6.45) is 2.76. The van der Waals surface area contributed by atoms with E-state index in [1.165, 1.54) is 5.56 Å². The molecule has 3 atom stereocenters. The fourth-order valence-electron chi connectivity index (χ4n) is 5.37. The first kappa shape index (κ1) is 21.0. The average molecular weight is 386 g/mol. The number of likely N-dealkylation sites (tertiary alicyclic amines) is 1. The maximum atomic E-state index is 13.2. The van der Waals surface area contributed by atoms with Gasteiger partial charge in [0, 0.05) is 24.9 Å². The van der Waals surface area contributed by atoms with Gasteiger partial charge >= 0.3 is 0 Å². The largest absolute Gasteiger partial charge is 0.392 e. The van der Waals surface area contributed by atoms with E-state index >= 15 is 0 Å². The van der Waals surface area contributed by atoms with Gasteiger partial charge in [-0.1, -0.05) is 31.5 Å². The van der Waals surface area contributed by atoms with E-state index in [2.05, 4.69) is 19.1 Å². The number of piperidine rings is 1. The lowest BCUT2D eigenvalue weighted by Gasteiger charge is -2.34. The quantitative estimate of drug-likeness (QED) is 0.854. The second kappa shape index (κ2) is 8.36. The van der Waals surface area contributed by atoms with Gasteiger partial charge < -0.3 is 10.0 Å². The van der Waals surface area contributed by atoms with Crippen molar-refractivity contribution in [2.45, 2.75) is 72.3 Å². The Kier molecular flexibility index (Phi) is 6.28. The Morgan fingerprint density at radius 1 is 1.14 bits per heavy atom. The summed E-state index contributed by atoms with van der Waals surface area (Å²) in [5.41, 5.74) is 4.44. The molecule has 1 amide bonds. The topological polar surface area (TPSA) is 57.6 Å². The van der Waals surface area contributed by atoms with E-state index < -0.39 is 6.10 Å². The molecule has 1 saturated heterocycles. The molecule has 3 rings (SSSR count). The second-order valence-corrected chi connectivity index (χ2v) is 9.35. The number of carbonyl (C=O) groups is 2. The molecule has 0 bridgehead atoms. The number of hydrogen-bond acceptors (Lipinski definition) is 3. The van der Waals surface area contributed by atoms with Crippen molar-refractivity contribution in [2.24, 2.45) is 17.8 Å². The van der Waals surface area contributed by atoms with Crippen LogP contribution in [0.5, 0.6) is 0 Å².